The van der Waals surface area contributed by atoms with Crippen LogP contribution in [0.2, 0.25) is 0 Å². The standard InChI is InChI=1S/C27H47NO4/c1-14(2)20-12-17(29)10-16-11-22(30)25-19-8-7-18(15(3)6-9-24(28)32)27(19,5)23(31)13-21(25)26(16,20)4/h14-23,25,29-31H,6-13H2,1-5H3,(H2,28,32). The Hall–Kier alpha value is -0.650. The molecule has 12 atom stereocenters. The third-order valence-electron chi connectivity index (χ3n) is 11.4. The van der Waals surface area contributed by atoms with Crippen LogP contribution < -0.4 is 5.73 Å². The van der Waals surface area contributed by atoms with Gasteiger partial charge in [0.05, 0.1) is 18.3 Å². The van der Waals surface area contributed by atoms with Gasteiger partial charge in [0, 0.05) is 6.42 Å². The molecule has 5 N–H and O–H groups in total. The zero-order valence-electron chi connectivity index (χ0n) is 20.8. The van der Waals surface area contributed by atoms with Crippen LogP contribution in [-0.2, 0) is 4.79 Å². The van der Waals surface area contributed by atoms with Crippen LogP contribution in [0.15, 0.2) is 0 Å². The number of amides is 1. The van der Waals surface area contributed by atoms with E-state index in [0.717, 1.165) is 44.9 Å². The van der Waals surface area contributed by atoms with Crippen LogP contribution in [-0.4, -0.2) is 39.5 Å². The number of rotatable bonds is 5. The van der Waals surface area contributed by atoms with Crippen molar-refractivity contribution in [2.75, 3.05) is 0 Å². The van der Waals surface area contributed by atoms with Gasteiger partial charge >= 0.3 is 0 Å². The van der Waals surface area contributed by atoms with E-state index in [1.165, 1.54) is 0 Å². The van der Waals surface area contributed by atoms with Crippen molar-refractivity contribution in [2.45, 2.75) is 104 Å². The molecule has 4 rings (SSSR count). The predicted molar refractivity (Wildman–Crippen MR) is 125 cm³/mol. The van der Waals surface area contributed by atoms with Crippen molar-refractivity contribution >= 4 is 5.91 Å². The predicted octanol–water partition coefficient (Wildman–Crippen LogP) is 3.73. The molecule has 5 nitrogen and oxygen atoms in total. The minimum absolute atomic E-state index is 0.0509. The van der Waals surface area contributed by atoms with Gasteiger partial charge in [0.25, 0.3) is 0 Å². The second-order valence-electron chi connectivity index (χ2n) is 12.9. The molecule has 0 aromatic carbocycles. The summed E-state index contributed by atoms with van der Waals surface area (Å²) in [7, 11) is 0. The summed E-state index contributed by atoms with van der Waals surface area (Å²) in [5.74, 6) is 2.47. The summed E-state index contributed by atoms with van der Waals surface area (Å²) in [6.07, 6.45) is 5.42. The van der Waals surface area contributed by atoms with Crippen LogP contribution in [0.1, 0.15) is 86.0 Å². The first-order valence-electron chi connectivity index (χ1n) is 13.2. The maximum absolute atomic E-state index is 11.7. The molecule has 0 bridgehead atoms. The number of hydrogen-bond acceptors (Lipinski definition) is 4. The van der Waals surface area contributed by atoms with Gasteiger partial charge in [-0.3, -0.25) is 4.79 Å². The van der Waals surface area contributed by atoms with Gasteiger partial charge in [-0.2, -0.15) is 0 Å². The molecule has 0 aliphatic heterocycles. The maximum Gasteiger partial charge on any atom is 0.217 e. The zero-order valence-corrected chi connectivity index (χ0v) is 20.8. The Bertz CT molecular complexity index is 712. The number of nitrogens with two attached hydrogens (primary N) is 1. The van der Waals surface area contributed by atoms with Crippen molar-refractivity contribution < 1.29 is 20.1 Å². The quantitative estimate of drug-likeness (QED) is 0.513. The summed E-state index contributed by atoms with van der Waals surface area (Å²) in [6, 6.07) is 0. The Labute approximate surface area is 194 Å². The lowest BCUT2D eigenvalue weighted by Gasteiger charge is -2.66. The van der Waals surface area contributed by atoms with E-state index < -0.39 is 0 Å². The van der Waals surface area contributed by atoms with Gasteiger partial charge in [-0.25, -0.2) is 0 Å². The summed E-state index contributed by atoms with van der Waals surface area (Å²) >= 11 is 0. The normalized spacial score (nSPS) is 51.6. The Balaban J connectivity index is 1.66. The monoisotopic (exact) mass is 449 g/mol. The molecule has 0 saturated heterocycles. The number of primary amides is 1. The Kier molecular flexibility index (Phi) is 6.53. The van der Waals surface area contributed by atoms with Crippen LogP contribution in [0.3, 0.4) is 0 Å². The highest BCUT2D eigenvalue weighted by atomic mass is 16.3. The summed E-state index contributed by atoms with van der Waals surface area (Å²) in [5, 5.41) is 33.8. The number of hydrogen-bond donors (Lipinski definition) is 4. The van der Waals surface area contributed by atoms with E-state index in [1.807, 2.05) is 0 Å². The van der Waals surface area contributed by atoms with Crippen LogP contribution in [0, 0.1) is 58.2 Å². The largest absolute Gasteiger partial charge is 0.393 e. The second-order valence-corrected chi connectivity index (χ2v) is 12.9. The minimum atomic E-state index is -0.389. The van der Waals surface area contributed by atoms with Crippen molar-refractivity contribution in [3.63, 3.8) is 0 Å². The highest BCUT2D eigenvalue weighted by Crippen LogP contribution is 2.69. The van der Waals surface area contributed by atoms with E-state index in [4.69, 9.17) is 5.73 Å². The lowest BCUT2D eigenvalue weighted by molar-refractivity contribution is -0.227. The molecule has 1 amide bonds. The summed E-state index contributed by atoms with van der Waals surface area (Å²) in [5.41, 5.74) is 5.25. The zero-order chi connectivity index (χ0) is 23.6. The first kappa shape index (κ1) is 24.5. The van der Waals surface area contributed by atoms with Crippen LogP contribution in [0.5, 0.6) is 0 Å². The van der Waals surface area contributed by atoms with E-state index in [-0.39, 0.29) is 41.0 Å². The summed E-state index contributed by atoms with van der Waals surface area (Å²) < 4.78 is 0. The first-order valence-corrected chi connectivity index (χ1v) is 13.2. The van der Waals surface area contributed by atoms with Gasteiger partial charge in [0.2, 0.25) is 5.91 Å². The Morgan fingerprint density at radius 3 is 2.25 bits per heavy atom. The molecule has 0 heterocycles. The number of fused-ring (bicyclic) bond motifs is 5. The molecule has 32 heavy (non-hydrogen) atoms. The molecule has 5 heteroatoms. The third kappa shape index (κ3) is 3.56. The molecule has 184 valence electrons. The van der Waals surface area contributed by atoms with Gasteiger partial charge in [0.15, 0.2) is 0 Å². The average Bonchev–Trinajstić information content (AvgIpc) is 3.06. The number of carbonyl (C=O) groups excluding carboxylic acids is 1. The summed E-state index contributed by atoms with van der Waals surface area (Å²) in [6.45, 7) is 11.5. The third-order valence-corrected chi connectivity index (χ3v) is 11.4. The van der Waals surface area contributed by atoms with Crippen molar-refractivity contribution in [2.24, 2.45) is 63.9 Å². The molecule has 0 aromatic heterocycles. The van der Waals surface area contributed by atoms with E-state index in [2.05, 4.69) is 34.6 Å². The molecule has 0 spiro atoms. The van der Waals surface area contributed by atoms with Crippen molar-refractivity contribution in [1.29, 1.82) is 0 Å². The second kappa shape index (κ2) is 8.53. The molecule has 0 radical (unpaired) electrons. The lowest BCUT2D eigenvalue weighted by atomic mass is 9.40. The van der Waals surface area contributed by atoms with E-state index in [9.17, 15) is 20.1 Å². The van der Waals surface area contributed by atoms with Crippen LogP contribution in [0.25, 0.3) is 0 Å². The van der Waals surface area contributed by atoms with Gasteiger partial charge < -0.3 is 21.1 Å². The van der Waals surface area contributed by atoms with E-state index in [0.29, 0.717) is 47.8 Å². The van der Waals surface area contributed by atoms with Crippen molar-refractivity contribution in [3.8, 4) is 0 Å². The fourth-order valence-corrected chi connectivity index (χ4v) is 9.86. The highest BCUT2D eigenvalue weighted by molar-refractivity contribution is 5.73. The van der Waals surface area contributed by atoms with Crippen LogP contribution in [0.4, 0.5) is 0 Å². The fraction of sp³-hybridized carbons (Fsp3) is 0.963. The number of carbonyl (C=O) groups is 1. The lowest BCUT2D eigenvalue weighted by Crippen LogP contribution is -2.64. The topological polar surface area (TPSA) is 104 Å². The van der Waals surface area contributed by atoms with E-state index in [1.54, 1.807) is 0 Å². The summed E-state index contributed by atoms with van der Waals surface area (Å²) in [4.78, 5) is 11.4. The van der Waals surface area contributed by atoms with Crippen molar-refractivity contribution in [3.05, 3.63) is 0 Å². The fourth-order valence-electron chi connectivity index (χ4n) is 9.86. The van der Waals surface area contributed by atoms with Gasteiger partial charge in [-0.05, 0) is 103 Å². The van der Waals surface area contributed by atoms with Gasteiger partial charge in [-0.15, -0.1) is 0 Å². The smallest absolute Gasteiger partial charge is 0.217 e. The molecule has 4 aliphatic carbocycles. The minimum Gasteiger partial charge on any atom is -0.393 e. The maximum atomic E-state index is 11.7. The first-order chi connectivity index (χ1) is 14.9. The SMILES string of the molecule is CC(C)C1CC(O)CC2CC(O)C3C4CCC(C(C)CCC(N)=O)C4(C)C(O)CC3C21C. The molecule has 4 fully saturated rings. The van der Waals surface area contributed by atoms with Gasteiger partial charge in [0.1, 0.15) is 0 Å². The molecular weight excluding hydrogens is 402 g/mol. The molecule has 4 aliphatic rings. The molecular formula is C27H47NO4. The Morgan fingerprint density at radius 1 is 0.938 bits per heavy atom. The Morgan fingerprint density at radius 2 is 1.62 bits per heavy atom. The highest BCUT2D eigenvalue weighted by Gasteiger charge is 2.67. The molecule has 12 unspecified atom stereocenters. The van der Waals surface area contributed by atoms with Crippen LogP contribution >= 0.6 is 0 Å². The molecule has 4 saturated carbocycles. The number of aliphatic hydroxyl groups is 3. The number of aliphatic hydroxyl groups excluding tert-OH is 3. The molecule has 0 aromatic rings. The van der Waals surface area contributed by atoms with Crippen molar-refractivity contribution in [1.82, 2.24) is 0 Å². The van der Waals surface area contributed by atoms with E-state index >= 15 is 0 Å². The van der Waals surface area contributed by atoms with Gasteiger partial charge in [-0.1, -0.05) is 34.6 Å². The average molecular weight is 450 g/mol.